The Hall–Kier alpha value is -1.64. The van der Waals surface area contributed by atoms with E-state index in [1.165, 1.54) is 7.11 Å². The van der Waals surface area contributed by atoms with Crippen molar-refractivity contribution in [3.8, 4) is 0 Å². The molecule has 19 heavy (non-hydrogen) atoms. The maximum Gasteiger partial charge on any atom is 0.319 e. The van der Waals surface area contributed by atoms with Gasteiger partial charge < -0.3 is 4.74 Å². The zero-order valence-electron chi connectivity index (χ0n) is 11.6. The minimum Gasteiger partial charge on any atom is -0.468 e. The van der Waals surface area contributed by atoms with Gasteiger partial charge in [-0.2, -0.15) is 0 Å². The second kappa shape index (κ2) is 5.55. The van der Waals surface area contributed by atoms with Crippen LogP contribution in [0.3, 0.4) is 0 Å². The fraction of sp³-hybridized carbons (Fsp3) is 0.500. The van der Waals surface area contributed by atoms with Gasteiger partial charge in [-0.05, 0) is 25.8 Å². The molecule has 0 unspecified atom stereocenters. The van der Waals surface area contributed by atoms with E-state index >= 15 is 0 Å². The van der Waals surface area contributed by atoms with Gasteiger partial charge in [-0.25, -0.2) is 0 Å². The lowest BCUT2D eigenvalue weighted by Gasteiger charge is -2.33. The lowest BCUT2D eigenvalue weighted by molar-refractivity contribution is -0.151. The summed E-state index contributed by atoms with van der Waals surface area (Å²) in [5.41, 5.74) is 0.690. The number of hydrogen-bond donors (Lipinski definition) is 0. The highest BCUT2D eigenvalue weighted by molar-refractivity contribution is 6.12. The van der Waals surface area contributed by atoms with Crippen LogP contribution in [0.25, 0.3) is 0 Å². The summed E-state index contributed by atoms with van der Waals surface area (Å²) in [4.78, 5) is 24.9. The maximum atomic E-state index is 12.8. The number of ether oxygens (including phenoxy) is 1. The van der Waals surface area contributed by atoms with Crippen LogP contribution >= 0.6 is 0 Å². The molecular weight excluding hydrogens is 240 g/mol. The summed E-state index contributed by atoms with van der Waals surface area (Å²) in [7, 11) is 1.36. The summed E-state index contributed by atoms with van der Waals surface area (Å²) >= 11 is 0. The molecular formula is C16H20O3. The molecule has 0 N–H and O–H groups in total. The molecule has 1 aliphatic rings. The van der Waals surface area contributed by atoms with E-state index < -0.39 is 5.41 Å². The summed E-state index contributed by atoms with van der Waals surface area (Å²) in [6, 6.07) is 7.44. The zero-order chi connectivity index (χ0) is 13.9. The SMILES string of the molecule is COC(=O)C1(C(=O)c2cccc(C)c2)CCCCC1. The van der Waals surface area contributed by atoms with Crippen LogP contribution in [0.1, 0.15) is 48.0 Å². The molecule has 0 heterocycles. The third kappa shape index (κ3) is 2.55. The molecule has 0 atom stereocenters. The third-order valence-electron chi connectivity index (χ3n) is 4.00. The number of esters is 1. The number of methoxy groups -OCH3 is 1. The van der Waals surface area contributed by atoms with Crippen molar-refractivity contribution in [2.24, 2.45) is 5.41 Å². The number of carbonyl (C=O) groups is 2. The fourth-order valence-electron chi connectivity index (χ4n) is 2.94. The van der Waals surface area contributed by atoms with Crippen molar-refractivity contribution in [1.82, 2.24) is 0 Å². The van der Waals surface area contributed by atoms with E-state index in [1.54, 1.807) is 6.07 Å². The maximum absolute atomic E-state index is 12.8. The fourth-order valence-corrected chi connectivity index (χ4v) is 2.94. The zero-order valence-corrected chi connectivity index (χ0v) is 11.6. The first-order valence-corrected chi connectivity index (χ1v) is 6.80. The van der Waals surface area contributed by atoms with Crippen molar-refractivity contribution in [2.45, 2.75) is 39.0 Å². The molecule has 2 rings (SSSR count). The first-order chi connectivity index (χ1) is 9.10. The standard InChI is InChI=1S/C16H20O3/c1-12-7-6-8-13(11-12)14(17)16(15(18)19-2)9-4-3-5-10-16/h6-8,11H,3-5,9-10H2,1-2H3. The molecule has 102 valence electrons. The number of hydrogen-bond acceptors (Lipinski definition) is 3. The normalized spacial score (nSPS) is 17.8. The van der Waals surface area contributed by atoms with Gasteiger partial charge >= 0.3 is 5.97 Å². The minimum atomic E-state index is -0.958. The van der Waals surface area contributed by atoms with E-state index in [9.17, 15) is 9.59 Å². The minimum absolute atomic E-state index is 0.0808. The monoisotopic (exact) mass is 260 g/mol. The van der Waals surface area contributed by atoms with Crippen molar-refractivity contribution in [1.29, 1.82) is 0 Å². The number of Topliss-reactive ketones (excluding diaryl/α,β-unsaturated/α-hetero) is 1. The second-order valence-corrected chi connectivity index (χ2v) is 5.33. The molecule has 3 heteroatoms. The molecule has 0 aliphatic heterocycles. The highest BCUT2D eigenvalue weighted by atomic mass is 16.5. The van der Waals surface area contributed by atoms with Gasteiger partial charge in [0.25, 0.3) is 0 Å². The highest BCUT2D eigenvalue weighted by Crippen LogP contribution is 2.40. The lowest BCUT2D eigenvalue weighted by atomic mass is 9.69. The van der Waals surface area contributed by atoms with Gasteiger partial charge in [0.1, 0.15) is 5.41 Å². The van der Waals surface area contributed by atoms with Crippen molar-refractivity contribution < 1.29 is 14.3 Å². The summed E-state index contributed by atoms with van der Waals surface area (Å²) in [6.45, 7) is 1.95. The Kier molecular flexibility index (Phi) is 4.03. The molecule has 0 saturated heterocycles. The predicted molar refractivity (Wildman–Crippen MR) is 73.0 cm³/mol. The molecule has 0 aromatic heterocycles. The molecule has 0 spiro atoms. The Balaban J connectivity index is 2.38. The largest absolute Gasteiger partial charge is 0.468 e. The van der Waals surface area contributed by atoms with Crippen molar-refractivity contribution in [3.63, 3.8) is 0 Å². The second-order valence-electron chi connectivity index (χ2n) is 5.33. The molecule has 3 nitrogen and oxygen atoms in total. The average Bonchev–Trinajstić information content (AvgIpc) is 2.46. The van der Waals surface area contributed by atoms with Gasteiger partial charge in [-0.15, -0.1) is 0 Å². The summed E-state index contributed by atoms with van der Waals surface area (Å²) in [6.07, 6.45) is 4.11. The van der Waals surface area contributed by atoms with Gasteiger partial charge in [0, 0.05) is 5.56 Å². The van der Waals surface area contributed by atoms with Gasteiger partial charge in [-0.3, -0.25) is 9.59 Å². The van der Waals surface area contributed by atoms with Crippen LogP contribution < -0.4 is 0 Å². The Labute approximate surface area is 114 Å². The Bertz CT molecular complexity index is 485. The lowest BCUT2D eigenvalue weighted by Crippen LogP contribution is -2.42. The average molecular weight is 260 g/mol. The number of benzene rings is 1. The smallest absolute Gasteiger partial charge is 0.319 e. The summed E-state index contributed by atoms with van der Waals surface area (Å²) < 4.78 is 4.91. The van der Waals surface area contributed by atoms with Gasteiger partial charge in [0.2, 0.25) is 0 Å². The van der Waals surface area contributed by atoms with Crippen molar-refractivity contribution in [2.75, 3.05) is 7.11 Å². The van der Waals surface area contributed by atoms with E-state index in [4.69, 9.17) is 4.74 Å². The topological polar surface area (TPSA) is 43.4 Å². The third-order valence-corrected chi connectivity index (χ3v) is 4.00. The van der Waals surface area contributed by atoms with E-state index in [0.717, 1.165) is 24.8 Å². The molecule has 0 radical (unpaired) electrons. The quantitative estimate of drug-likeness (QED) is 0.476. The van der Waals surface area contributed by atoms with E-state index in [0.29, 0.717) is 18.4 Å². The van der Waals surface area contributed by atoms with Crippen LogP contribution in [0, 0.1) is 12.3 Å². The molecule has 1 fully saturated rings. The molecule has 0 amide bonds. The van der Waals surface area contributed by atoms with Crippen LogP contribution in [0.5, 0.6) is 0 Å². The Morgan fingerprint density at radius 1 is 1.16 bits per heavy atom. The van der Waals surface area contributed by atoms with E-state index in [-0.39, 0.29) is 11.8 Å². The van der Waals surface area contributed by atoms with Crippen LogP contribution in [0.2, 0.25) is 0 Å². The van der Waals surface area contributed by atoms with Crippen LogP contribution in [0.15, 0.2) is 24.3 Å². The number of aryl methyl sites for hydroxylation is 1. The van der Waals surface area contributed by atoms with Crippen LogP contribution in [-0.4, -0.2) is 18.9 Å². The molecule has 1 aromatic carbocycles. The number of carbonyl (C=O) groups excluding carboxylic acids is 2. The van der Waals surface area contributed by atoms with Gasteiger partial charge in [0.15, 0.2) is 5.78 Å². The molecule has 0 bridgehead atoms. The van der Waals surface area contributed by atoms with Crippen molar-refractivity contribution in [3.05, 3.63) is 35.4 Å². The molecule has 1 aliphatic carbocycles. The van der Waals surface area contributed by atoms with Crippen LogP contribution in [0.4, 0.5) is 0 Å². The van der Waals surface area contributed by atoms with Gasteiger partial charge in [0.05, 0.1) is 7.11 Å². The molecule has 1 saturated carbocycles. The van der Waals surface area contributed by atoms with E-state index in [1.807, 2.05) is 25.1 Å². The van der Waals surface area contributed by atoms with Crippen LogP contribution in [-0.2, 0) is 9.53 Å². The van der Waals surface area contributed by atoms with E-state index in [2.05, 4.69) is 0 Å². The van der Waals surface area contributed by atoms with Gasteiger partial charge in [-0.1, -0.05) is 43.0 Å². The first-order valence-electron chi connectivity index (χ1n) is 6.80. The Morgan fingerprint density at radius 2 is 1.84 bits per heavy atom. The predicted octanol–water partition coefficient (Wildman–Crippen LogP) is 3.30. The van der Waals surface area contributed by atoms with Crippen molar-refractivity contribution >= 4 is 11.8 Å². The Morgan fingerprint density at radius 3 is 2.42 bits per heavy atom. The first kappa shape index (κ1) is 13.8. The summed E-state index contributed by atoms with van der Waals surface area (Å²) in [5.74, 6) is -0.457. The molecule has 1 aromatic rings. The number of ketones is 1. The number of rotatable bonds is 3. The highest BCUT2D eigenvalue weighted by Gasteiger charge is 2.47. The summed E-state index contributed by atoms with van der Waals surface area (Å²) in [5, 5.41) is 0.